The third-order valence-electron chi connectivity index (χ3n) is 2.86. The van der Waals surface area contributed by atoms with Gasteiger partial charge in [0.1, 0.15) is 5.82 Å². The fourth-order valence-corrected chi connectivity index (χ4v) is 3.01. The van der Waals surface area contributed by atoms with Gasteiger partial charge < -0.3 is 4.98 Å². The van der Waals surface area contributed by atoms with E-state index in [4.69, 9.17) is 0 Å². The number of nitrogens with one attached hydrogen (secondary N) is 2. The molecule has 0 aliphatic carbocycles. The highest BCUT2D eigenvalue weighted by Crippen LogP contribution is 2.10. The number of aromatic amines is 1. The van der Waals surface area contributed by atoms with E-state index in [2.05, 4.69) is 14.7 Å². The smallest absolute Gasteiger partial charge is 0.212 e. The number of fused-ring (bicyclic) bond motifs is 1. The number of rotatable bonds is 6. The average Bonchev–Trinajstić information content (AvgIpc) is 2.77. The summed E-state index contributed by atoms with van der Waals surface area (Å²) in [6.07, 6.45) is 0.662. The van der Waals surface area contributed by atoms with Gasteiger partial charge in [-0.2, -0.15) is 0 Å². The molecule has 104 valence electrons. The summed E-state index contributed by atoms with van der Waals surface area (Å²) in [5.41, 5.74) is 1.76. The molecule has 0 fully saturated rings. The van der Waals surface area contributed by atoms with Crippen LogP contribution in [-0.4, -0.2) is 24.1 Å². The lowest BCUT2D eigenvalue weighted by atomic mass is 10.2. The number of hydrogen-bond acceptors (Lipinski definition) is 3. The molecular formula is C13H19N3O2S. The Hall–Kier alpha value is -1.40. The Morgan fingerprint density at radius 1 is 1.32 bits per heavy atom. The molecule has 0 atom stereocenters. The minimum Gasteiger partial charge on any atom is -0.341 e. The SMILES string of the molecule is CC(C)CCS(=O)(=O)NCc1nc2ccccc2[nH]1. The van der Waals surface area contributed by atoms with E-state index in [1.54, 1.807) is 0 Å². The monoisotopic (exact) mass is 281 g/mol. The molecule has 2 rings (SSSR count). The Kier molecular flexibility index (Phi) is 4.21. The maximum atomic E-state index is 11.8. The van der Waals surface area contributed by atoms with Crippen LogP contribution in [0.3, 0.4) is 0 Å². The molecule has 0 aliphatic heterocycles. The van der Waals surface area contributed by atoms with Crippen LogP contribution in [0.5, 0.6) is 0 Å². The van der Waals surface area contributed by atoms with E-state index < -0.39 is 10.0 Å². The van der Waals surface area contributed by atoms with Crippen molar-refractivity contribution in [3.05, 3.63) is 30.1 Å². The minimum atomic E-state index is -3.22. The van der Waals surface area contributed by atoms with Crippen molar-refractivity contribution in [2.75, 3.05) is 5.75 Å². The van der Waals surface area contributed by atoms with Crippen LogP contribution in [0.4, 0.5) is 0 Å². The molecule has 0 bridgehead atoms. The second-order valence-corrected chi connectivity index (χ2v) is 6.95. The van der Waals surface area contributed by atoms with E-state index in [0.717, 1.165) is 11.0 Å². The second kappa shape index (κ2) is 5.71. The van der Waals surface area contributed by atoms with Gasteiger partial charge in [-0.25, -0.2) is 18.1 Å². The number of sulfonamides is 1. The van der Waals surface area contributed by atoms with Gasteiger partial charge in [0.05, 0.1) is 23.3 Å². The predicted molar refractivity (Wildman–Crippen MR) is 76.2 cm³/mol. The maximum Gasteiger partial charge on any atom is 0.212 e. The highest BCUT2D eigenvalue weighted by molar-refractivity contribution is 7.89. The van der Waals surface area contributed by atoms with Crippen molar-refractivity contribution in [2.24, 2.45) is 5.92 Å². The summed E-state index contributed by atoms with van der Waals surface area (Å²) in [5.74, 6) is 1.17. The fraction of sp³-hybridized carbons (Fsp3) is 0.462. The number of H-pyrrole nitrogens is 1. The summed E-state index contributed by atoms with van der Waals surface area (Å²) in [7, 11) is -3.22. The molecule has 1 aromatic heterocycles. The molecular weight excluding hydrogens is 262 g/mol. The van der Waals surface area contributed by atoms with Crippen molar-refractivity contribution in [1.29, 1.82) is 0 Å². The molecule has 6 heteroatoms. The number of nitrogens with zero attached hydrogens (tertiary/aromatic N) is 1. The number of benzene rings is 1. The first-order valence-corrected chi connectivity index (χ1v) is 8.02. The lowest BCUT2D eigenvalue weighted by molar-refractivity contribution is 0.560. The molecule has 0 saturated carbocycles. The molecule has 0 amide bonds. The Balaban J connectivity index is 1.98. The van der Waals surface area contributed by atoms with Crippen molar-refractivity contribution in [2.45, 2.75) is 26.8 Å². The first kappa shape index (κ1) is 14.0. The van der Waals surface area contributed by atoms with E-state index in [0.29, 0.717) is 18.2 Å². The quantitative estimate of drug-likeness (QED) is 0.850. The summed E-state index contributed by atoms with van der Waals surface area (Å²) in [6, 6.07) is 7.62. The van der Waals surface area contributed by atoms with Gasteiger partial charge in [0.2, 0.25) is 10.0 Å². The van der Waals surface area contributed by atoms with Crippen LogP contribution in [0.25, 0.3) is 11.0 Å². The summed E-state index contributed by atoms with van der Waals surface area (Å²) < 4.78 is 26.1. The minimum absolute atomic E-state index is 0.158. The molecule has 0 spiro atoms. The van der Waals surface area contributed by atoms with Gasteiger partial charge >= 0.3 is 0 Å². The van der Waals surface area contributed by atoms with Crippen LogP contribution in [0.1, 0.15) is 26.1 Å². The van der Waals surface area contributed by atoms with Crippen LogP contribution in [0, 0.1) is 5.92 Å². The zero-order valence-corrected chi connectivity index (χ0v) is 12.0. The molecule has 1 heterocycles. The first-order chi connectivity index (χ1) is 8.96. The first-order valence-electron chi connectivity index (χ1n) is 6.37. The van der Waals surface area contributed by atoms with Crippen molar-refractivity contribution in [3.8, 4) is 0 Å². The average molecular weight is 281 g/mol. The summed E-state index contributed by atoms with van der Waals surface area (Å²) >= 11 is 0. The molecule has 1 aromatic carbocycles. The zero-order valence-electron chi connectivity index (χ0n) is 11.2. The molecule has 0 saturated heterocycles. The molecule has 2 aromatic rings. The molecule has 5 nitrogen and oxygen atoms in total. The largest absolute Gasteiger partial charge is 0.341 e. The lowest BCUT2D eigenvalue weighted by Gasteiger charge is -2.06. The maximum absolute atomic E-state index is 11.8. The molecule has 0 aliphatic rings. The van der Waals surface area contributed by atoms with Crippen LogP contribution >= 0.6 is 0 Å². The Morgan fingerprint density at radius 3 is 2.74 bits per heavy atom. The number of imidazole rings is 1. The van der Waals surface area contributed by atoms with Gasteiger partial charge in [-0.3, -0.25) is 0 Å². The zero-order chi connectivity index (χ0) is 13.9. The van der Waals surface area contributed by atoms with E-state index in [1.807, 2.05) is 38.1 Å². The number of aromatic nitrogens is 2. The Bertz CT molecular complexity index is 614. The molecule has 0 unspecified atom stereocenters. The second-order valence-electron chi connectivity index (χ2n) is 5.02. The van der Waals surface area contributed by atoms with Gasteiger partial charge in [-0.15, -0.1) is 0 Å². The Morgan fingerprint density at radius 2 is 2.05 bits per heavy atom. The summed E-state index contributed by atoms with van der Waals surface area (Å²) in [4.78, 5) is 7.42. The molecule has 0 radical (unpaired) electrons. The normalized spacial score (nSPS) is 12.4. The van der Waals surface area contributed by atoms with E-state index in [1.165, 1.54) is 0 Å². The van der Waals surface area contributed by atoms with Crippen LogP contribution in [0.15, 0.2) is 24.3 Å². The molecule has 19 heavy (non-hydrogen) atoms. The number of para-hydroxylation sites is 2. The van der Waals surface area contributed by atoms with Gasteiger partial charge in [-0.1, -0.05) is 26.0 Å². The van der Waals surface area contributed by atoms with Crippen molar-refractivity contribution < 1.29 is 8.42 Å². The standard InChI is InChI=1S/C13H19N3O2S/c1-10(2)7-8-19(17,18)14-9-13-15-11-5-3-4-6-12(11)16-13/h3-6,10,14H,7-9H2,1-2H3,(H,15,16). The van der Waals surface area contributed by atoms with E-state index in [-0.39, 0.29) is 12.3 Å². The van der Waals surface area contributed by atoms with Gasteiger partial charge in [0, 0.05) is 0 Å². The molecule has 2 N–H and O–H groups in total. The summed E-state index contributed by atoms with van der Waals surface area (Å²) in [5, 5.41) is 0. The number of hydrogen-bond donors (Lipinski definition) is 2. The lowest BCUT2D eigenvalue weighted by Crippen LogP contribution is -2.27. The Labute approximate surface area is 113 Å². The van der Waals surface area contributed by atoms with Crippen molar-refractivity contribution in [3.63, 3.8) is 0 Å². The highest BCUT2D eigenvalue weighted by Gasteiger charge is 2.12. The highest BCUT2D eigenvalue weighted by atomic mass is 32.2. The van der Waals surface area contributed by atoms with Crippen molar-refractivity contribution in [1.82, 2.24) is 14.7 Å². The fourth-order valence-electron chi connectivity index (χ4n) is 1.73. The van der Waals surface area contributed by atoms with Crippen LogP contribution in [-0.2, 0) is 16.6 Å². The predicted octanol–water partition coefficient (Wildman–Crippen LogP) is 2.03. The van der Waals surface area contributed by atoms with E-state index in [9.17, 15) is 8.42 Å². The van der Waals surface area contributed by atoms with Gasteiger partial charge in [0.15, 0.2) is 0 Å². The van der Waals surface area contributed by atoms with E-state index >= 15 is 0 Å². The van der Waals surface area contributed by atoms with Gasteiger partial charge in [-0.05, 0) is 24.5 Å². The van der Waals surface area contributed by atoms with Crippen LogP contribution < -0.4 is 4.72 Å². The third kappa shape index (κ3) is 4.04. The third-order valence-corrected chi connectivity index (χ3v) is 4.22. The van der Waals surface area contributed by atoms with Gasteiger partial charge in [0.25, 0.3) is 0 Å². The van der Waals surface area contributed by atoms with Crippen molar-refractivity contribution >= 4 is 21.1 Å². The topological polar surface area (TPSA) is 74.8 Å². The van der Waals surface area contributed by atoms with Crippen LogP contribution in [0.2, 0.25) is 0 Å². The summed E-state index contributed by atoms with van der Waals surface area (Å²) in [6.45, 7) is 4.22.